The Balaban J connectivity index is 1.66. The fourth-order valence-electron chi connectivity index (χ4n) is 4.51. The van der Waals surface area contributed by atoms with Crippen molar-refractivity contribution in [3.8, 4) is 11.8 Å². The molecule has 0 bridgehead atoms. The Kier molecular flexibility index (Phi) is 5.11. The second-order valence-corrected chi connectivity index (χ2v) is 8.03. The Bertz CT molecular complexity index is 1290. The lowest BCUT2D eigenvalue weighted by molar-refractivity contribution is -0.345. The molecule has 0 saturated carbocycles. The number of nitrogen functional groups attached to an aromatic ring is 2. The number of fused-ring (bicyclic) bond motifs is 3. The van der Waals surface area contributed by atoms with E-state index in [1.807, 2.05) is 29.2 Å². The minimum Gasteiger partial charge on any atom is -0.497 e. The summed E-state index contributed by atoms with van der Waals surface area (Å²) in [6.45, 7) is 2.70. The molecule has 10 heteroatoms. The topological polar surface area (TPSA) is 145 Å². The number of pyridine rings is 2. The first-order valence-electron chi connectivity index (χ1n) is 10.6. The van der Waals surface area contributed by atoms with Crippen molar-refractivity contribution in [3.63, 3.8) is 0 Å². The fraction of sp³-hybridized carbons (Fsp3) is 0.304. The molecule has 0 atom stereocenters. The quantitative estimate of drug-likeness (QED) is 0.604. The van der Waals surface area contributed by atoms with Crippen LogP contribution in [-0.4, -0.2) is 44.3 Å². The molecule has 1 fully saturated rings. The SMILES string of the molecule is COc1ccc(CN2C(=O)Cc3c2nc(N)c2c(N)[nH+]c(N4CCOCC4)c(C#N)c32)cc1. The molecule has 168 valence electrons. The molecule has 1 saturated heterocycles. The third kappa shape index (κ3) is 3.43. The Morgan fingerprint density at radius 2 is 1.94 bits per heavy atom. The van der Waals surface area contributed by atoms with Crippen LogP contribution in [0.15, 0.2) is 24.3 Å². The van der Waals surface area contributed by atoms with Gasteiger partial charge >= 0.3 is 0 Å². The van der Waals surface area contributed by atoms with Gasteiger partial charge in [0, 0.05) is 10.9 Å². The Labute approximate surface area is 190 Å². The smallest absolute Gasteiger partial charge is 0.240 e. The second-order valence-electron chi connectivity index (χ2n) is 8.03. The summed E-state index contributed by atoms with van der Waals surface area (Å²) in [4.78, 5) is 24.4. The van der Waals surface area contributed by atoms with E-state index in [2.05, 4.69) is 16.0 Å². The molecule has 5 rings (SSSR count). The summed E-state index contributed by atoms with van der Waals surface area (Å²) in [5, 5.41) is 11.2. The molecular weight excluding hydrogens is 422 g/mol. The van der Waals surface area contributed by atoms with Crippen molar-refractivity contribution < 1.29 is 19.3 Å². The molecule has 0 aliphatic carbocycles. The van der Waals surface area contributed by atoms with Crippen LogP contribution in [0, 0.1) is 11.3 Å². The number of benzene rings is 1. The van der Waals surface area contributed by atoms with E-state index in [4.69, 9.17) is 20.9 Å². The van der Waals surface area contributed by atoms with E-state index in [0.29, 0.717) is 72.2 Å². The zero-order valence-corrected chi connectivity index (χ0v) is 18.2. The van der Waals surface area contributed by atoms with Gasteiger partial charge in [-0.25, -0.2) is 9.97 Å². The maximum Gasteiger partial charge on any atom is 0.240 e. The maximum atomic E-state index is 13.1. The van der Waals surface area contributed by atoms with Crippen molar-refractivity contribution in [1.82, 2.24) is 4.98 Å². The summed E-state index contributed by atoms with van der Waals surface area (Å²) in [6, 6.07) is 9.81. The van der Waals surface area contributed by atoms with Crippen molar-refractivity contribution in [1.29, 1.82) is 5.26 Å². The van der Waals surface area contributed by atoms with Gasteiger partial charge in [-0.3, -0.25) is 14.6 Å². The van der Waals surface area contributed by atoms with Gasteiger partial charge in [0.25, 0.3) is 0 Å². The van der Waals surface area contributed by atoms with Crippen LogP contribution in [0.1, 0.15) is 16.7 Å². The van der Waals surface area contributed by atoms with Gasteiger partial charge < -0.3 is 20.9 Å². The molecular formula is C23H24N7O3+. The summed E-state index contributed by atoms with van der Waals surface area (Å²) in [5.74, 6) is 2.21. The minimum atomic E-state index is -0.108. The number of aromatic amines is 1. The number of anilines is 4. The van der Waals surface area contributed by atoms with E-state index in [-0.39, 0.29) is 18.1 Å². The third-order valence-electron chi connectivity index (χ3n) is 6.14. The van der Waals surface area contributed by atoms with Crippen LogP contribution in [-0.2, 0) is 22.5 Å². The van der Waals surface area contributed by atoms with E-state index in [9.17, 15) is 10.1 Å². The van der Waals surface area contributed by atoms with Gasteiger partial charge in [0.05, 0.1) is 51.8 Å². The number of morpholine rings is 1. The number of nitrogens with zero attached hydrogens (tertiary/aromatic N) is 4. The van der Waals surface area contributed by atoms with Crippen molar-refractivity contribution in [2.45, 2.75) is 13.0 Å². The number of hydrogen-bond donors (Lipinski definition) is 2. The normalized spacial score (nSPS) is 15.6. The van der Waals surface area contributed by atoms with Crippen molar-refractivity contribution in [2.24, 2.45) is 0 Å². The molecule has 0 spiro atoms. The molecule has 4 heterocycles. The van der Waals surface area contributed by atoms with Crippen LogP contribution in [0.5, 0.6) is 5.75 Å². The predicted molar refractivity (Wildman–Crippen MR) is 123 cm³/mol. The molecule has 1 aromatic carbocycles. The summed E-state index contributed by atoms with van der Waals surface area (Å²) in [5.41, 5.74) is 14.7. The zero-order valence-electron chi connectivity index (χ0n) is 18.2. The number of H-pyrrole nitrogens is 1. The number of carbonyl (C=O) groups is 1. The first-order valence-corrected chi connectivity index (χ1v) is 10.6. The molecule has 10 nitrogen and oxygen atoms in total. The molecule has 3 aromatic rings. The van der Waals surface area contributed by atoms with Crippen LogP contribution < -0.4 is 31.0 Å². The lowest BCUT2D eigenvalue weighted by Gasteiger charge is -2.25. The van der Waals surface area contributed by atoms with E-state index in [0.717, 1.165) is 11.3 Å². The van der Waals surface area contributed by atoms with Crippen molar-refractivity contribution in [2.75, 3.05) is 54.7 Å². The van der Waals surface area contributed by atoms with Crippen LogP contribution >= 0.6 is 0 Å². The zero-order chi connectivity index (χ0) is 23.1. The van der Waals surface area contributed by atoms with Crippen LogP contribution in [0.4, 0.5) is 23.3 Å². The van der Waals surface area contributed by atoms with Gasteiger partial charge in [0.15, 0.2) is 0 Å². The highest BCUT2D eigenvalue weighted by molar-refractivity contribution is 6.12. The molecule has 2 aliphatic rings. The van der Waals surface area contributed by atoms with Crippen LogP contribution in [0.3, 0.4) is 0 Å². The third-order valence-corrected chi connectivity index (χ3v) is 6.14. The number of hydrogen-bond acceptors (Lipinski definition) is 8. The van der Waals surface area contributed by atoms with Crippen molar-refractivity contribution in [3.05, 3.63) is 41.0 Å². The number of carbonyl (C=O) groups excluding carboxylic acids is 1. The molecule has 2 aromatic heterocycles. The molecule has 2 aliphatic heterocycles. The molecule has 5 N–H and O–H groups in total. The minimum absolute atomic E-state index is 0.108. The van der Waals surface area contributed by atoms with Crippen LogP contribution in [0.2, 0.25) is 0 Å². The standard InChI is InChI=1S/C23H23N7O3/c1-32-14-4-2-13(3-5-14)12-30-17(31)10-15-18-16(11-24)22(29-6-8-33-9-7-29)27-20(25)19(18)21(26)28-23(15)30/h2-5H,6-10,12H2,1H3,(H2,25,27)(H2,26,28)/p+1. The number of nitrogens with one attached hydrogen (secondary N) is 1. The molecule has 0 unspecified atom stereocenters. The molecule has 1 amide bonds. The lowest BCUT2D eigenvalue weighted by atomic mass is 10.0. The summed E-state index contributed by atoms with van der Waals surface area (Å²) < 4.78 is 10.7. The van der Waals surface area contributed by atoms with Gasteiger partial charge in [-0.2, -0.15) is 5.26 Å². The number of nitrogens with two attached hydrogens (primary N) is 2. The number of nitriles is 1. The molecule has 33 heavy (non-hydrogen) atoms. The predicted octanol–water partition coefficient (Wildman–Crippen LogP) is 1.02. The van der Waals surface area contributed by atoms with Gasteiger partial charge in [0.1, 0.15) is 29.0 Å². The van der Waals surface area contributed by atoms with Crippen molar-refractivity contribution >= 4 is 40.0 Å². The average Bonchev–Trinajstić information content (AvgIpc) is 3.14. The number of ether oxygens (including phenoxy) is 2. The van der Waals surface area contributed by atoms with E-state index < -0.39 is 0 Å². The summed E-state index contributed by atoms with van der Waals surface area (Å²) in [7, 11) is 1.61. The number of methoxy groups -OCH3 is 1. The maximum absolute atomic E-state index is 13.1. The monoisotopic (exact) mass is 446 g/mol. The highest BCUT2D eigenvalue weighted by Gasteiger charge is 2.35. The van der Waals surface area contributed by atoms with Gasteiger partial charge in [-0.1, -0.05) is 12.1 Å². The van der Waals surface area contributed by atoms with Gasteiger partial charge in [-0.15, -0.1) is 0 Å². The lowest BCUT2D eigenvalue weighted by Crippen LogP contribution is -2.40. The Morgan fingerprint density at radius 3 is 2.61 bits per heavy atom. The van der Waals surface area contributed by atoms with Gasteiger partial charge in [-0.05, 0) is 17.7 Å². The first-order chi connectivity index (χ1) is 16.0. The summed E-state index contributed by atoms with van der Waals surface area (Å²) in [6.07, 6.45) is 0.121. The Morgan fingerprint density at radius 1 is 1.21 bits per heavy atom. The highest BCUT2D eigenvalue weighted by Crippen LogP contribution is 2.41. The van der Waals surface area contributed by atoms with E-state index in [1.54, 1.807) is 12.0 Å². The number of amides is 1. The Hall–Kier alpha value is -4.10. The first kappa shape index (κ1) is 20.8. The van der Waals surface area contributed by atoms with E-state index >= 15 is 0 Å². The largest absolute Gasteiger partial charge is 0.497 e. The summed E-state index contributed by atoms with van der Waals surface area (Å²) >= 11 is 0. The van der Waals surface area contributed by atoms with Gasteiger partial charge in [0.2, 0.25) is 17.5 Å². The van der Waals surface area contributed by atoms with E-state index in [1.165, 1.54) is 0 Å². The molecule has 0 radical (unpaired) electrons. The van der Waals surface area contributed by atoms with Crippen LogP contribution in [0.25, 0.3) is 10.8 Å². The number of rotatable bonds is 4. The fourth-order valence-corrected chi connectivity index (χ4v) is 4.51. The number of aromatic nitrogens is 2. The highest BCUT2D eigenvalue weighted by atomic mass is 16.5. The second kappa shape index (κ2) is 8.11. The average molecular weight is 446 g/mol.